The van der Waals surface area contributed by atoms with Crippen molar-refractivity contribution in [3.05, 3.63) is 0 Å². The molecule has 2 aliphatic heterocycles. The van der Waals surface area contributed by atoms with Crippen molar-refractivity contribution >= 4 is 0 Å². The van der Waals surface area contributed by atoms with Crippen LogP contribution in [0.5, 0.6) is 0 Å². The van der Waals surface area contributed by atoms with Crippen LogP contribution in [0.1, 0.15) is 0 Å². The van der Waals surface area contributed by atoms with Gasteiger partial charge in [0.15, 0.2) is 0 Å². The number of hydrogen-bond acceptors (Lipinski definition) is 5. The molecule has 5 heteroatoms. The van der Waals surface area contributed by atoms with E-state index >= 15 is 0 Å². The van der Waals surface area contributed by atoms with Crippen molar-refractivity contribution in [3.8, 4) is 0 Å². The van der Waals surface area contributed by atoms with Crippen molar-refractivity contribution in [3.63, 3.8) is 0 Å². The predicted octanol–water partition coefficient (Wildman–Crippen LogP) is -2.07. The number of rotatable bonds is 4. The molecule has 0 amide bonds. The highest BCUT2D eigenvalue weighted by Gasteiger charge is 2.32. The van der Waals surface area contributed by atoms with Crippen molar-refractivity contribution in [2.75, 3.05) is 52.4 Å². The Morgan fingerprint density at radius 1 is 1.27 bits per heavy atom. The van der Waals surface area contributed by atoms with Gasteiger partial charge < -0.3 is 15.5 Å². The van der Waals surface area contributed by atoms with Gasteiger partial charge in [-0.1, -0.05) is 0 Å². The summed E-state index contributed by atoms with van der Waals surface area (Å²) in [4.78, 5) is 4.71. The van der Waals surface area contributed by atoms with Gasteiger partial charge in [-0.25, -0.2) is 0 Å². The van der Waals surface area contributed by atoms with E-state index in [2.05, 4.69) is 15.1 Å². The van der Waals surface area contributed by atoms with E-state index in [4.69, 9.17) is 5.11 Å². The average molecular weight is 215 g/mol. The third-order valence-electron chi connectivity index (χ3n) is 3.29. The van der Waals surface area contributed by atoms with E-state index < -0.39 is 6.10 Å². The molecular weight excluding hydrogens is 194 g/mol. The summed E-state index contributed by atoms with van der Waals surface area (Å²) in [5.74, 6) is 0. The van der Waals surface area contributed by atoms with E-state index in [1.807, 2.05) is 0 Å². The lowest BCUT2D eigenvalue weighted by Gasteiger charge is -2.47. The predicted molar refractivity (Wildman–Crippen MR) is 57.8 cm³/mol. The zero-order chi connectivity index (χ0) is 10.7. The van der Waals surface area contributed by atoms with E-state index in [9.17, 15) is 5.11 Å². The minimum atomic E-state index is -0.575. The molecule has 0 saturated carbocycles. The Morgan fingerprint density at radius 2 is 1.93 bits per heavy atom. The maximum Gasteiger partial charge on any atom is 0.0897 e. The van der Waals surface area contributed by atoms with Crippen LogP contribution >= 0.6 is 0 Å². The molecule has 3 N–H and O–H groups in total. The molecule has 2 fully saturated rings. The minimum absolute atomic E-state index is 0.130. The fourth-order valence-electron chi connectivity index (χ4n) is 2.33. The highest BCUT2D eigenvalue weighted by molar-refractivity contribution is 4.90. The molecule has 0 aromatic rings. The van der Waals surface area contributed by atoms with Crippen molar-refractivity contribution in [1.82, 2.24) is 15.1 Å². The Kier molecular flexibility index (Phi) is 3.93. The van der Waals surface area contributed by atoms with E-state index in [0.717, 1.165) is 39.3 Å². The van der Waals surface area contributed by atoms with Crippen LogP contribution in [0.3, 0.4) is 0 Å². The van der Waals surface area contributed by atoms with Gasteiger partial charge in [-0.3, -0.25) is 9.80 Å². The smallest absolute Gasteiger partial charge is 0.0897 e. The summed E-state index contributed by atoms with van der Waals surface area (Å²) >= 11 is 0. The number of aliphatic hydroxyl groups is 2. The van der Waals surface area contributed by atoms with Gasteiger partial charge in [-0.2, -0.15) is 0 Å². The Bertz CT molecular complexity index is 191. The average Bonchev–Trinajstić information content (AvgIpc) is 2.23. The molecule has 0 aliphatic carbocycles. The largest absolute Gasteiger partial charge is 0.394 e. The number of β-amino-alcohol motifs (C(OH)–C–C–N with tert-alkyl or cyclic N) is 1. The van der Waals surface area contributed by atoms with Gasteiger partial charge >= 0.3 is 0 Å². The lowest BCUT2D eigenvalue weighted by molar-refractivity contribution is -0.0133. The topological polar surface area (TPSA) is 59.0 Å². The second kappa shape index (κ2) is 5.23. The fraction of sp³-hybridized carbons (Fsp3) is 1.00. The highest BCUT2D eigenvalue weighted by atomic mass is 16.3. The van der Waals surface area contributed by atoms with Gasteiger partial charge in [0, 0.05) is 51.9 Å². The number of nitrogens with one attached hydrogen (secondary N) is 1. The summed E-state index contributed by atoms with van der Waals surface area (Å²) in [5.41, 5.74) is 0. The Balaban J connectivity index is 1.64. The second-order valence-electron chi connectivity index (χ2n) is 4.49. The Labute approximate surface area is 90.7 Å². The Morgan fingerprint density at radius 3 is 2.53 bits per heavy atom. The zero-order valence-corrected chi connectivity index (χ0v) is 9.10. The van der Waals surface area contributed by atoms with E-state index in [0.29, 0.717) is 12.6 Å². The van der Waals surface area contributed by atoms with Crippen LogP contribution < -0.4 is 5.32 Å². The summed E-state index contributed by atoms with van der Waals surface area (Å²) in [6.45, 7) is 7.02. The van der Waals surface area contributed by atoms with Crippen LogP contribution in [0, 0.1) is 0 Å². The first-order valence-electron chi connectivity index (χ1n) is 5.75. The van der Waals surface area contributed by atoms with Crippen LogP contribution in [0.2, 0.25) is 0 Å². The number of hydrogen-bond donors (Lipinski definition) is 3. The van der Waals surface area contributed by atoms with Gasteiger partial charge in [-0.15, -0.1) is 0 Å². The molecule has 2 saturated heterocycles. The van der Waals surface area contributed by atoms with Gasteiger partial charge in [0.2, 0.25) is 0 Å². The van der Waals surface area contributed by atoms with E-state index in [-0.39, 0.29) is 6.61 Å². The maximum absolute atomic E-state index is 9.27. The van der Waals surface area contributed by atoms with Gasteiger partial charge in [0.05, 0.1) is 12.7 Å². The standard InChI is InChI=1S/C10H21N3O2/c14-8-10(15)7-12-5-9(6-12)13-3-1-11-2-4-13/h9-11,14-15H,1-8H2. The number of likely N-dealkylation sites (tertiary alicyclic amines) is 1. The van der Waals surface area contributed by atoms with Gasteiger partial charge in [0.1, 0.15) is 0 Å². The first-order chi connectivity index (χ1) is 7.29. The third kappa shape index (κ3) is 2.89. The molecule has 2 rings (SSSR count). The number of piperazine rings is 1. The van der Waals surface area contributed by atoms with Crippen molar-refractivity contribution < 1.29 is 10.2 Å². The normalized spacial score (nSPS) is 27.6. The lowest BCUT2D eigenvalue weighted by Crippen LogP contribution is -2.63. The number of nitrogens with zero attached hydrogens (tertiary/aromatic N) is 2. The molecular formula is C10H21N3O2. The van der Waals surface area contributed by atoms with Crippen molar-refractivity contribution in [2.45, 2.75) is 12.1 Å². The van der Waals surface area contributed by atoms with Crippen molar-refractivity contribution in [2.24, 2.45) is 0 Å². The van der Waals surface area contributed by atoms with E-state index in [1.165, 1.54) is 0 Å². The zero-order valence-electron chi connectivity index (χ0n) is 9.10. The highest BCUT2D eigenvalue weighted by Crippen LogP contribution is 2.15. The summed E-state index contributed by atoms with van der Waals surface area (Å²) in [7, 11) is 0. The quantitative estimate of drug-likeness (QED) is 0.503. The molecule has 15 heavy (non-hydrogen) atoms. The van der Waals surface area contributed by atoms with E-state index in [1.54, 1.807) is 0 Å². The van der Waals surface area contributed by atoms with Crippen LogP contribution in [0.4, 0.5) is 0 Å². The van der Waals surface area contributed by atoms with Gasteiger partial charge in [-0.05, 0) is 0 Å². The first-order valence-corrected chi connectivity index (χ1v) is 5.75. The molecule has 1 atom stereocenters. The molecule has 0 radical (unpaired) electrons. The van der Waals surface area contributed by atoms with Crippen molar-refractivity contribution in [1.29, 1.82) is 0 Å². The molecule has 2 aliphatic rings. The third-order valence-corrected chi connectivity index (χ3v) is 3.29. The molecule has 2 heterocycles. The second-order valence-corrected chi connectivity index (χ2v) is 4.49. The van der Waals surface area contributed by atoms with Gasteiger partial charge in [0.25, 0.3) is 0 Å². The molecule has 0 spiro atoms. The molecule has 0 bridgehead atoms. The first kappa shape index (κ1) is 11.3. The SMILES string of the molecule is OCC(O)CN1CC(N2CCNCC2)C1. The minimum Gasteiger partial charge on any atom is -0.394 e. The van der Waals surface area contributed by atoms with Crippen LogP contribution in [0.25, 0.3) is 0 Å². The molecule has 1 unspecified atom stereocenters. The molecule has 5 nitrogen and oxygen atoms in total. The van der Waals surface area contributed by atoms with Crippen LogP contribution in [-0.4, -0.2) is 84.6 Å². The fourth-order valence-corrected chi connectivity index (χ4v) is 2.33. The summed E-state index contributed by atoms with van der Waals surface area (Å²) in [6.07, 6.45) is -0.575. The van der Waals surface area contributed by atoms with Crippen LogP contribution in [0.15, 0.2) is 0 Å². The lowest BCUT2D eigenvalue weighted by atomic mass is 10.1. The Hall–Kier alpha value is -0.200. The molecule has 0 aromatic heterocycles. The molecule has 0 aromatic carbocycles. The molecule has 88 valence electrons. The van der Waals surface area contributed by atoms with Crippen LogP contribution in [-0.2, 0) is 0 Å². The summed E-state index contributed by atoms with van der Waals surface area (Å²) < 4.78 is 0. The summed E-state index contributed by atoms with van der Waals surface area (Å²) in [6, 6.07) is 0.665. The maximum atomic E-state index is 9.27. The number of aliphatic hydroxyl groups excluding tert-OH is 2. The monoisotopic (exact) mass is 215 g/mol. The summed E-state index contributed by atoms with van der Waals surface area (Å²) in [5, 5.41) is 21.3.